The molecular weight excluding hydrogens is 309 g/mol. The Morgan fingerprint density at radius 2 is 2.08 bits per heavy atom. The zero-order valence-corrected chi connectivity index (χ0v) is 13.9. The molecule has 1 atom stereocenters. The number of methoxy groups -OCH3 is 1. The first kappa shape index (κ1) is 16.3. The average molecular weight is 329 g/mol. The molecule has 0 fully saturated rings. The third-order valence-electron chi connectivity index (χ3n) is 4.62. The highest BCUT2D eigenvalue weighted by Crippen LogP contribution is 2.46. The van der Waals surface area contributed by atoms with Crippen molar-refractivity contribution >= 4 is 6.09 Å². The zero-order chi connectivity index (χ0) is 17.5. The van der Waals surface area contributed by atoms with Gasteiger partial charge >= 0.3 is 6.09 Å². The molecule has 1 aliphatic carbocycles. The van der Waals surface area contributed by atoms with E-state index in [2.05, 4.69) is 5.32 Å². The number of rotatable bonds is 3. The molecule has 2 aromatic carbocycles. The normalized spacial score (nSPS) is 18.1. The smallest absolute Gasteiger partial charge is 0.405 e. The van der Waals surface area contributed by atoms with Crippen LogP contribution in [0.15, 0.2) is 36.4 Å². The number of carbonyl (C=O) groups is 1. The Morgan fingerprint density at radius 1 is 1.33 bits per heavy atom. The first-order valence-electron chi connectivity index (χ1n) is 7.78. The Bertz CT molecular complexity index is 801. The van der Waals surface area contributed by atoms with Gasteiger partial charge in [-0.1, -0.05) is 26.0 Å². The van der Waals surface area contributed by atoms with Crippen LogP contribution < -0.4 is 10.1 Å². The van der Waals surface area contributed by atoms with Gasteiger partial charge in [-0.05, 0) is 52.8 Å². The summed E-state index contributed by atoms with van der Waals surface area (Å²) in [6, 6.07) is 10.1. The molecule has 1 amide bonds. The molecule has 4 nitrogen and oxygen atoms in total. The molecule has 2 aromatic rings. The first-order valence-corrected chi connectivity index (χ1v) is 7.78. The molecule has 0 saturated heterocycles. The lowest BCUT2D eigenvalue weighted by atomic mass is 9.85. The summed E-state index contributed by atoms with van der Waals surface area (Å²) in [5.74, 6) is 0.301. The van der Waals surface area contributed by atoms with Crippen molar-refractivity contribution in [2.75, 3.05) is 7.11 Å². The van der Waals surface area contributed by atoms with Gasteiger partial charge in [0.1, 0.15) is 11.6 Å². The van der Waals surface area contributed by atoms with Crippen LogP contribution in [0.1, 0.15) is 31.0 Å². The van der Waals surface area contributed by atoms with Crippen LogP contribution in [-0.4, -0.2) is 18.3 Å². The van der Waals surface area contributed by atoms with Crippen LogP contribution in [0.3, 0.4) is 0 Å². The topological polar surface area (TPSA) is 58.6 Å². The second-order valence-corrected chi connectivity index (χ2v) is 6.81. The highest BCUT2D eigenvalue weighted by atomic mass is 19.1. The lowest BCUT2D eigenvalue weighted by Gasteiger charge is -2.27. The van der Waals surface area contributed by atoms with Gasteiger partial charge in [0, 0.05) is 5.56 Å². The molecule has 0 aromatic heterocycles. The standard InChI is InChI=1S/C19H20FNO3/c1-19(2)10-12-8-14(11-5-4-6-13(7-11)24-3)16(20)9-15(12)17(19)21-18(22)23/h4-9,17,21H,10H2,1-3H3,(H,22,23)/t17-/m0/s1. The van der Waals surface area contributed by atoms with E-state index in [-0.39, 0.29) is 11.2 Å². The van der Waals surface area contributed by atoms with E-state index in [9.17, 15) is 9.18 Å². The predicted octanol–water partition coefficient (Wildman–Crippen LogP) is 4.39. The SMILES string of the molecule is COc1cccc(-c2cc3c(cc2F)[C@H](NC(=O)O)C(C)(C)C3)c1. The van der Waals surface area contributed by atoms with E-state index in [0.717, 1.165) is 11.1 Å². The van der Waals surface area contributed by atoms with Crippen LogP contribution in [0, 0.1) is 11.2 Å². The lowest BCUT2D eigenvalue weighted by Crippen LogP contribution is -2.34. The van der Waals surface area contributed by atoms with Gasteiger partial charge in [-0.3, -0.25) is 0 Å². The number of carboxylic acid groups (broad SMARTS) is 1. The van der Waals surface area contributed by atoms with Crippen LogP contribution in [0.4, 0.5) is 9.18 Å². The minimum atomic E-state index is -1.10. The van der Waals surface area contributed by atoms with Crippen LogP contribution >= 0.6 is 0 Å². The van der Waals surface area contributed by atoms with Crippen molar-refractivity contribution in [1.82, 2.24) is 5.32 Å². The van der Waals surface area contributed by atoms with Crippen molar-refractivity contribution in [2.24, 2.45) is 5.41 Å². The lowest BCUT2D eigenvalue weighted by molar-refractivity contribution is 0.175. The molecule has 24 heavy (non-hydrogen) atoms. The first-order chi connectivity index (χ1) is 11.3. The number of ether oxygens (including phenoxy) is 1. The molecule has 0 saturated carbocycles. The van der Waals surface area contributed by atoms with Gasteiger partial charge in [0.25, 0.3) is 0 Å². The van der Waals surface area contributed by atoms with Crippen molar-refractivity contribution < 1.29 is 19.0 Å². The second kappa shape index (κ2) is 5.82. The van der Waals surface area contributed by atoms with Crippen molar-refractivity contribution in [2.45, 2.75) is 26.3 Å². The van der Waals surface area contributed by atoms with E-state index < -0.39 is 12.1 Å². The Balaban J connectivity index is 2.07. The van der Waals surface area contributed by atoms with Gasteiger partial charge in [-0.15, -0.1) is 0 Å². The Kier molecular flexibility index (Phi) is 3.95. The molecule has 0 spiro atoms. The van der Waals surface area contributed by atoms with Gasteiger partial charge < -0.3 is 15.2 Å². The van der Waals surface area contributed by atoms with Crippen molar-refractivity contribution in [3.8, 4) is 16.9 Å². The summed E-state index contributed by atoms with van der Waals surface area (Å²) >= 11 is 0. The van der Waals surface area contributed by atoms with Gasteiger partial charge in [-0.25, -0.2) is 9.18 Å². The van der Waals surface area contributed by atoms with E-state index in [0.29, 0.717) is 23.3 Å². The molecule has 3 rings (SSSR count). The zero-order valence-electron chi connectivity index (χ0n) is 13.9. The molecule has 126 valence electrons. The molecule has 0 bridgehead atoms. The summed E-state index contributed by atoms with van der Waals surface area (Å²) in [5.41, 5.74) is 2.62. The average Bonchev–Trinajstić information content (AvgIpc) is 2.76. The maximum absolute atomic E-state index is 14.7. The molecule has 2 N–H and O–H groups in total. The van der Waals surface area contributed by atoms with Crippen LogP contribution in [-0.2, 0) is 6.42 Å². The summed E-state index contributed by atoms with van der Waals surface area (Å²) in [6.07, 6.45) is -0.414. The highest BCUT2D eigenvalue weighted by Gasteiger charge is 2.40. The third kappa shape index (κ3) is 2.82. The molecule has 1 aliphatic rings. The number of hydrogen-bond acceptors (Lipinski definition) is 2. The van der Waals surface area contributed by atoms with Crippen molar-refractivity contribution in [3.05, 3.63) is 53.3 Å². The Morgan fingerprint density at radius 3 is 2.75 bits per heavy atom. The Labute approximate surface area is 140 Å². The molecule has 5 heteroatoms. The summed E-state index contributed by atoms with van der Waals surface area (Å²) in [6.45, 7) is 3.97. The van der Waals surface area contributed by atoms with E-state index in [1.807, 2.05) is 38.1 Å². The van der Waals surface area contributed by atoms with E-state index in [1.54, 1.807) is 13.2 Å². The predicted molar refractivity (Wildman–Crippen MR) is 89.8 cm³/mol. The molecular formula is C19H20FNO3. The minimum Gasteiger partial charge on any atom is -0.497 e. The quantitative estimate of drug-likeness (QED) is 0.878. The molecule has 0 heterocycles. The third-order valence-corrected chi connectivity index (χ3v) is 4.62. The van der Waals surface area contributed by atoms with Gasteiger partial charge in [-0.2, -0.15) is 0 Å². The number of hydrogen-bond donors (Lipinski definition) is 2. The molecule has 0 aliphatic heterocycles. The van der Waals surface area contributed by atoms with Crippen molar-refractivity contribution in [1.29, 1.82) is 0 Å². The second-order valence-electron chi connectivity index (χ2n) is 6.81. The number of halogens is 1. The number of fused-ring (bicyclic) bond motifs is 1. The van der Waals surface area contributed by atoms with E-state index in [4.69, 9.17) is 9.84 Å². The van der Waals surface area contributed by atoms with Crippen LogP contribution in [0.2, 0.25) is 0 Å². The number of amides is 1. The summed E-state index contributed by atoms with van der Waals surface area (Å²) < 4.78 is 19.9. The summed E-state index contributed by atoms with van der Waals surface area (Å²) in [5, 5.41) is 11.6. The van der Waals surface area contributed by atoms with E-state index in [1.165, 1.54) is 6.07 Å². The maximum atomic E-state index is 14.7. The molecule has 0 radical (unpaired) electrons. The summed E-state index contributed by atoms with van der Waals surface area (Å²) in [4.78, 5) is 11.1. The Hall–Kier alpha value is -2.56. The van der Waals surface area contributed by atoms with E-state index >= 15 is 0 Å². The van der Waals surface area contributed by atoms with Gasteiger partial charge in [0.2, 0.25) is 0 Å². The highest BCUT2D eigenvalue weighted by molar-refractivity contribution is 5.69. The monoisotopic (exact) mass is 329 g/mol. The van der Waals surface area contributed by atoms with Crippen LogP contribution in [0.25, 0.3) is 11.1 Å². The fraction of sp³-hybridized carbons (Fsp3) is 0.316. The molecule has 0 unspecified atom stereocenters. The largest absolute Gasteiger partial charge is 0.497 e. The fourth-order valence-electron chi connectivity index (χ4n) is 3.48. The summed E-state index contributed by atoms with van der Waals surface area (Å²) in [7, 11) is 1.57. The van der Waals surface area contributed by atoms with Crippen LogP contribution in [0.5, 0.6) is 5.75 Å². The number of nitrogens with one attached hydrogen (secondary N) is 1. The van der Waals surface area contributed by atoms with Gasteiger partial charge in [0.05, 0.1) is 13.2 Å². The van der Waals surface area contributed by atoms with Crippen molar-refractivity contribution in [3.63, 3.8) is 0 Å². The minimum absolute atomic E-state index is 0.305. The fourth-order valence-corrected chi connectivity index (χ4v) is 3.48. The number of benzene rings is 2. The van der Waals surface area contributed by atoms with Gasteiger partial charge in [0.15, 0.2) is 0 Å². The maximum Gasteiger partial charge on any atom is 0.405 e.